The molecule has 0 aliphatic rings. The molecule has 4 aromatic rings. The summed E-state index contributed by atoms with van der Waals surface area (Å²) in [4.78, 5) is 10.5. The number of halogens is 1. The summed E-state index contributed by atoms with van der Waals surface area (Å²) in [7, 11) is 0. The largest absolute Gasteiger partial charge is 0.270 e. The summed E-state index contributed by atoms with van der Waals surface area (Å²) in [5, 5.41) is 21.1. The van der Waals surface area contributed by atoms with Crippen molar-refractivity contribution < 1.29 is 4.92 Å². The number of hydrogen-bond donors (Lipinski definition) is 0. The Morgan fingerprint density at radius 1 is 0.931 bits per heavy atom. The molecule has 3 aromatic carbocycles. The van der Waals surface area contributed by atoms with E-state index in [4.69, 9.17) is 11.6 Å². The van der Waals surface area contributed by atoms with E-state index in [2.05, 4.69) is 10.2 Å². The summed E-state index contributed by atoms with van der Waals surface area (Å²) in [5.41, 5.74) is 2.70. The van der Waals surface area contributed by atoms with Gasteiger partial charge < -0.3 is 0 Å². The van der Waals surface area contributed by atoms with Crippen LogP contribution in [0.25, 0.3) is 17.1 Å². The highest BCUT2D eigenvalue weighted by Gasteiger charge is 2.17. The molecule has 0 saturated carbocycles. The van der Waals surface area contributed by atoms with E-state index in [1.807, 2.05) is 59.2 Å². The zero-order valence-electron chi connectivity index (χ0n) is 15.1. The normalized spacial score (nSPS) is 10.8. The average molecular weight is 423 g/mol. The Balaban J connectivity index is 1.72. The highest BCUT2D eigenvalue weighted by molar-refractivity contribution is 7.98. The van der Waals surface area contributed by atoms with Crippen molar-refractivity contribution in [2.75, 3.05) is 0 Å². The molecule has 0 aliphatic heterocycles. The second-order valence-corrected chi connectivity index (χ2v) is 7.51. The van der Waals surface area contributed by atoms with Gasteiger partial charge in [0.2, 0.25) is 0 Å². The van der Waals surface area contributed by atoms with Crippen molar-refractivity contribution in [2.45, 2.75) is 10.9 Å². The quantitative estimate of drug-likeness (QED) is 0.223. The molecule has 0 N–H and O–H groups in total. The number of nitro groups is 1. The SMILES string of the molecule is O=[N+]([O-])c1ccc(-c2nnc(SCc3ccccc3Cl)n2-c2ccccc2)cc1. The van der Waals surface area contributed by atoms with E-state index in [9.17, 15) is 10.1 Å². The van der Waals surface area contributed by atoms with Crippen LogP contribution in [0.2, 0.25) is 5.02 Å². The zero-order valence-corrected chi connectivity index (χ0v) is 16.7. The molecule has 0 atom stereocenters. The van der Waals surface area contributed by atoms with Crippen LogP contribution in [0.3, 0.4) is 0 Å². The first-order valence-corrected chi connectivity index (χ1v) is 10.1. The van der Waals surface area contributed by atoms with Crippen LogP contribution >= 0.6 is 23.4 Å². The van der Waals surface area contributed by atoms with E-state index in [1.165, 1.54) is 23.9 Å². The van der Waals surface area contributed by atoms with E-state index in [0.29, 0.717) is 21.8 Å². The molecule has 0 aliphatic carbocycles. The highest BCUT2D eigenvalue weighted by Crippen LogP contribution is 2.31. The van der Waals surface area contributed by atoms with Gasteiger partial charge in [-0.25, -0.2) is 0 Å². The van der Waals surface area contributed by atoms with Crippen LogP contribution in [0.1, 0.15) is 5.56 Å². The molecule has 0 unspecified atom stereocenters. The fourth-order valence-corrected chi connectivity index (χ4v) is 4.09. The summed E-state index contributed by atoms with van der Waals surface area (Å²) in [6, 6.07) is 23.8. The van der Waals surface area contributed by atoms with Crippen molar-refractivity contribution in [1.29, 1.82) is 0 Å². The number of hydrogen-bond acceptors (Lipinski definition) is 5. The fourth-order valence-electron chi connectivity index (χ4n) is 2.85. The summed E-state index contributed by atoms with van der Waals surface area (Å²) in [6.45, 7) is 0. The molecule has 0 spiro atoms. The lowest BCUT2D eigenvalue weighted by molar-refractivity contribution is -0.384. The minimum atomic E-state index is -0.420. The first-order valence-electron chi connectivity index (χ1n) is 8.75. The van der Waals surface area contributed by atoms with Crippen LogP contribution in [-0.4, -0.2) is 19.7 Å². The molecule has 29 heavy (non-hydrogen) atoms. The third-order valence-electron chi connectivity index (χ3n) is 4.30. The van der Waals surface area contributed by atoms with Gasteiger partial charge in [-0.1, -0.05) is 59.8 Å². The molecule has 0 fully saturated rings. The number of nitro benzene ring substituents is 1. The highest BCUT2D eigenvalue weighted by atomic mass is 35.5. The zero-order chi connectivity index (χ0) is 20.2. The number of nitrogens with zero attached hydrogens (tertiary/aromatic N) is 4. The monoisotopic (exact) mass is 422 g/mol. The van der Waals surface area contributed by atoms with Crippen molar-refractivity contribution in [3.8, 4) is 17.1 Å². The van der Waals surface area contributed by atoms with Gasteiger partial charge in [-0.15, -0.1) is 10.2 Å². The Hall–Kier alpha value is -3.16. The lowest BCUT2D eigenvalue weighted by atomic mass is 10.2. The van der Waals surface area contributed by atoms with Crippen LogP contribution in [0.4, 0.5) is 5.69 Å². The number of para-hydroxylation sites is 1. The van der Waals surface area contributed by atoms with Crippen LogP contribution in [0.15, 0.2) is 84.0 Å². The first kappa shape index (κ1) is 19.2. The van der Waals surface area contributed by atoms with Gasteiger partial charge in [0.25, 0.3) is 5.69 Å². The summed E-state index contributed by atoms with van der Waals surface area (Å²) in [6.07, 6.45) is 0. The topological polar surface area (TPSA) is 73.8 Å². The van der Waals surface area contributed by atoms with Crippen LogP contribution < -0.4 is 0 Å². The Kier molecular flexibility index (Phi) is 5.59. The van der Waals surface area contributed by atoms with Gasteiger partial charge in [0, 0.05) is 34.2 Å². The van der Waals surface area contributed by atoms with Gasteiger partial charge in [0.05, 0.1) is 4.92 Å². The molecule has 8 heteroatoms. The third kappa shape index (κ3) is 4.16. The Morgan fingerprint density at radius 3 is 2.31 bits per heavy atom. The van der Waals surface area contributed by atoms with Crippen molar-refractivity contribution in [2.24, 2.45) is 0 Å². The van der Waals surface area contributed by atoms with E-state index in [0.717, 1.165) is 16.8 Å². The van der Waals surface area contributed by atoms with Crippen molar-refractivity contribution in [1.82, 2.24) is 14.8 Å². The van der Waals surface area contributed by atoms with E-state index >= 15 is 0 Å². The average Bonchev–Trinajstić information content (AvgIpc) is 3.18. The molecular formula is C21H15ClN4O2S. The van der Waals surface area contributed by atoms with E-state index in [1.54, 1.807) is 12.1 Å². The van der Waals surface area contributed by atoms with E-state index < -0.39 is 4.92 Å². The van der Waals surface area contributed by atoms with Crippen molar-refractivity contribution in [3.05, 3.63) is 99.6 Å². The molecule has 1 heterocycles. The minimum Gasteiger partial charge on any atom is -0.270 e. The standard InChI is InChI=1S/C21H15ClN4O2S/c22-19-9-5-4-6-16(19)14-29-21-24-23-20(25(21)17-7-2-1-3-8-17)15-10-12-18(13-11-15)26(27)28/h1-13H,14H2. The van der Waals surface area contributed by atoms with Crippen molar-refractivity contribution in [3.63, 3.8) is 0 Å². The Labute approximate surface area is 176 Å². The lowest BCUT2D eigenvalue weighted by Crippen LogP contribution is -2.00. The third-order valence-corrected chi connectivity index (χ3v) is 5.65. The van der Waals surface area contributed by atoms with Gasteiger partial charge >= 0.3 is 0 Å². The maximum absolute atomic E-state index is 10.9. The maximum Gasteiger partial charge on any atom is 0.269 e. The van der Waals surface area contributed by atoms with Crippen LogP contribution in [0.5, 0.6) is 0 Å². The second-order valence-electron chi connectivity index (χ2n) is 6.16. The molecule has 0 amide bonds. The predicted octanol–water partition coefficient (Wildman–Crippen LogP) is 5.79. The second kappa shape index (κ2) is 8.46. The molecule has 1 aromatic heterocycles. The van der Waals surface area contributed by atoms with Crippen LogP contribution in [0, 0.1) is 10.1 Å². The Bertz CT molecular complexity index is 1150. The number of thioether (sulfide) groups is 1. The van der Waals surface area contributed by atoms with E-state index in [-0.39, 0.29) is 5.69 Å². The van der Waals surface area contributed by atoms with Gasteiger partial charge in [-0.2, -0.15) is 0 Å². The maximum atomic E-state index is 10.9. The summed E-state index contributed by atoms with van der Waals surface area (Å²) in [5.74, 6) is 1.26. The van der Waals surface area contributed by atoms with Crippen molar-refractivity contribution >= 4 is 29.1 Å². The first-order chi connectivity index (χ1) is 14.1. The van der Waals surface area contributed by atoms with Gasteiger partial charge in [0.1, 0.15) is 0 Å². The lowest BCUT2D eigenvalue weighted by Gasteiger charge is -2.10. The molecule has 4 rings (SSSR count). The number of aromatic nitrogens is 3. The summed E-state index contributed by atoms with van der Waals surface area (Å²) >= 11 is 7.81. The molecule has 0 radical (unpaired) electrons. The number of rotatable bonds is 6. The van der Waals surface area contributed by atoms with Gasteiger partial charge in [-0.05, 0) is 35.9 Å². The van der Waals surface area contributed by atoms with Gasteiger partial charge in [0.15, 0.2) is 11.0 Å². The molecule has 6 nitrogen and oxygen atoms in total. The molecule has 0 bridgehead atoms. The number of non-ortho nitro benzene ring substituents is 1. The van der Waals surface area contributed by atoms with Crippen LogP contribution in [-0.2, 0) is 5.75 Å². The molecule has 0 saturated heterocycles. The van der Waals surface area contributed by atoms with Gasteiger partial charge in [-0.3, -0.25) is 14.7 Å². The minimum absolute atomic E-state index is 0.0350. The fraction of sp³-hybridized carbons (Fsp3) is 0.0476. The predicted molar refractivity (Wildman–Crippen MR) is 114 cm³/mol. The number of benzene rings is 3. The molecule has 144 valence electrons. The Morgan fingerprint density at radius 2 is 1.62 bits per heavy atom. The molecular weight excluding hydrogens is 408 g/mol. The summed E-state index contributed by atoms with van der Waals surface area (Å²) < 4.78 is 1.95. The smallest absolute Gasteiger partial charge is 0.269 e.